The Kier molecular flexibility index (Phi) is 4.13. The fourth-order valence-corrected chi connectivity index (χ4v) is 3.06. The number of hydrogen-bond acceptors (Lipinski definition) is 5. The second-order valence-electron chi connectivity index (χ2n) is 4.96. The molecule has 2 N–H and O–H groups in total. The van der Waals surface area contributed by atoms with E-state index in [9.17, 15) is 4.79 Å². The topological polar surface area (TPSA) is 67.2 Å². The smallest absolute Gasteiger partial charge is 0.226 e. The number of carbonyl (C=O) groups excluding carboxylic acids is 1. The number of amides is 1. The van der Waals surface area contributed by atoms with Crippen molar-refractivity contribution in [1.82, 2.24) is 10.3 Å². The minimum Gasteiger partial charge on any atom is -0.463 e. The van der Waals surface area contributed by atoms with Crippen LogP contribution in [0.5, 0.6) is 0 Å². The Hall–Kier alpha value is -1.66. The number of nitrogens with zero attached hydrogens (tertiary/aromatic N) is 1. The van der Waals surface area contributed by atoms with E-state index in [-0.39, 0.29) is 5.91 Å². The molecule has 1 atom stereocenters. The van der Waals surface area contributed by atoms with Gasteiger partial charge in [-0.1, -0.05) is 0 Å². The summed E-state index contributed by atoms with van der Waals surface area (Å²) < 4.78 is 5.28. The predicted octanol–water partition coefficient (Wildman–Crippen LogP) is 2.73. The van der Waals surface area contributed by atoms with Crippen molar-refractivity contribution in [2.75, 3.05) is 18.4 Å². The van der Waals surface area contributed by atoms with Gasteiger partial charge in [-0.2, -0.15) is 0 Å². The summed E-state index contributed by atoms with van der Waals surface area (Å²) in [6.07, 6.45) is 4.28. The molecule has 0 aromatic carbocycles. The highest BCUT2D eigenvalue weighted by atomic mass is 32.1. The normalized spacial score (nSPS) is 18.3. The Morgan fingerprint density at radius 1 is 1.60 bits per heavy atom. The monoisotopic (exact) mass is 291 g/mol. The molecular weight excluding hydrogens is 274 g/mol. The average Bonchev–Trinajstić information content (AvgIpc) is 3.18. The van der Waals surface area contributed by atoms with E-state index >= 15 is 0 Å². The van der Waals surface area contributed by atoms with Gasteiger partial charge in [-0.05, 0) is 44.0 Å². The zero-order valence-electron chi connectivity index (χ0n) is 11.1. The molecule has 1 fully saturated rings. The number of nitrogens with one attached hydrogen (secondary N) is 2. The summed E-state index contributed by atoms with van der Waals surface area (Å²) in [5.74, 6) is 1.40. The lowest BCUT2D eigenvalue weighted by atomic mass is 10.0. The molecule has 0 spiro atoms. The summed E-state index contributed by atoms with van der Waals surface area (Å²) in [6, 6.07) is 3.68. The van der Waals surface area contributed by atoms with Crippen molar-refractivity contribution in [3.8, 4) is 11.5 Å². The van der Waals surface area contributed by atoms with E-state index < -0.39 is 0 Å². The summed E-state index contributed by atoms with van der Waals surface area (Å²) in [7, 11) is 0. The maximum Gasteiger partial charge on any atom is 0.226 e. The van der Waals surface area contributed by atoms with Crippen molar-refractivity contribution >= 4 is 22.4 Å². The largest absolute Gasteiger partial charge is 0.463 e. The molecule has 0 aliphatic carbocycles. The molecule has 0 saturated carbocycles. The van der Waals surface area contributed by atoms with E-state index in [0.717, 1.165) is 31.0 Å². The highest BCUT2D eigenvalue weighted by Crippen LogP contribution is 2.25. The second kappa shape index (κ2) is 6.19. The summed E-state index contributed by atoms with van der Waals surface area (Å²) in [5.41, 5.74) is 0.760. The highest BCUT2D eigenvalue weighted by molar-refractivity contribution is 7.14. The summed E-state index contributed by atoms with van der Waals surface area (Å²) in [6.45, 7) is 2.11. The van der Waals surface area contributed by atoms with E-state index in [2.05, 4.69) is 15.6 Å². The molecule has 6 heteroatoms. The Morgan fingerprint density at radius 2 is 2.55 bits per heavy atom. The molecule has 1 aliphatic rings. The maximum atomic E-state index is 11.9. The number of thiazole rings is 1. The first kappa shape index (κ1) is 13.3. The SMILES string of the molecule is O=C(CCC1CCNC1)Nc1nc(-c2ccco2)cs1. The van der Waals surface area contributed by atoms with Gasteiger partial charge in [0.25, 0.3) is 0 Å². The molecule has 0 bridgehead atoms. The van der Waals surface area contributed by atoms with Crippen molar-refractivity contribution in [1.29, 1.82) is 0 Å². The predicted molar refractivity (Wildman–Crippen MR) is 78.7 cm³/mol. The highest BCUT2D eigenvalue weighted by Gasteiger charge is 2.16. The lowest BCUT2D eigenvalue weighted by Crippen LogP contribution is -2.14. The first-order chi connectivity index (χ1) is 9.81. The first-order valence-corrected chi connectivity index (χ1v) is 7.69. The lowest BCUT2D eigenvalue weighted by Gasteiger charge is -2.06. The van der Waals surface area contributed by atoms with Crippen molar-refractivity contribution in [2.45, 2.75) is 19.3 Å². The van der Waals surface area contributed by atoms with Crippen LogP contribution in [0.3, 0.4) is 0 Å². The molecule has 20 heavy (non-hydrogen) atoms. The van der Waals surface area contributed by atoms with Crippen LogP contribution in [0.2, 0.25) is 0 Å². The molecular formula is C14H17N3O2S. The van der Waals surface area contributed by atoms with Gasteiger partial charge in [0.2, 0.25) is 5.91 Å². The maximum absolute atomic E-state index is 11.9. The Balaban J connectivity index is 1.51. The van der Waals surface area contributed by atoms with Gasteiger partial charge in [0.05, 0.1) is 6.26 Å². The van der Waals surface area contributed by atoms with Crippen LogP contribution in [0.4, 0.5) is 5.13 Å². The number of rotatable bonds is 5. The Morgan fingerprint density at radius 3 is 3.30 bits per heavy atom. The Labute approximate surface area is 121 Å². The van der Waals surface area contributed by atoms with Crippen LogP contribution in [0, 0.1) is 5.92 Å². The molecule has 5 nitrogen and oxygen atoms in total. The molecule has 2 aromatic heterocycles. The van der Waals surface area contributed by atoms with Crippen molar-refractivity contribution in [3.05, 3.63) is 23.8 Å². The first-order valence-electron chi connectivity index (χ1n) is 6.81. The molecule has 2 aromatic rings. The zero-order chi connectivity index (χ0) is 13.8. The third-order valence-corrected chi connectivity index (χ3v) is 4.22. The van der Waals surface area contributed by atoms with Crippen LogP contribution in [0.15, 0.2) is 28.2 Å². The van der Waals surface area contributed by atoms with E-state index in [4.69, 9.17) is 4.42 Å². The summed E-state index contributed by atoms with van der Waals surface area (Å²) >= 11 is 1.42. The molecule has 1 aliphatic heterocycles. The Bertz CT molecular complexity index is 559. The van der Waals surface area contributed by atoms with Gasteiger partial charge in [-0.3, -0.25) is 4.79 Å². The van der Waals surface area contributed by atoms with E-state index in [1.807, 2.05) is 17.5 Å². The van der Waals surface area contributed by atoms with E-state index in [0.29, 0.717) is 17.5 Å². The average molecular weight is 291 g/mol. The zero-order valence-corrected chi connectivity index (χ0v) is 11.9. The number of anilines is 1. The quantitative estimate of drug-likeness (QED) is 0.889. The lowest BCUT2D eigenvalue weighted by molar-refractivity contribution is -0.116. The van der Waals surface area contributed by atoms with Gasteiger partial charge in [0.15, 0.2) is 10.9 Å². The number of hydrogen-bond donors (Lipinski definition) is 2. The fourth-order valence-electron chi connectivity index (χ4n) is 2.35. The van der Waals surface area contributed by atoms with Crippen molar-refractivity contribution in [3.63, 3.8) is 0 Å². The fraction of sp³-hybridized carbons (Fsp3) is 0.429. The van der Waals surface area contributed by atoms with Gasteiger partial charge in [-0.25, -0.2) is 4.98 Å². The number of aromatic nitrogens is 1. The van der Waals surface area contributed by atoms with Gasteiger partial charge in [-0.15, -0.1) is 11.3 Å². The minimum atomic E-state index is 0.0391. The molecule has 3 heterocycles. The van der Waals surface area contributed by atoms with Crippen LogP contribution in [-0.2, 0) is 4.79 Å². The van der Waals surface area contributed by atoms with Crippen LogP contribution < -0.4 is 10.6 Å². The van der Waals surface area contributed by atoms with Crippen LogP contribution in [-0.4, -0.2) is 24.0 Å². The minimum absolute atomic E-state index is 0.0391. The number of furan rings is 1. The van der Waals surface area contributed by atoms with Crippen LogP contribution >= 0.6 is 11.3 Å². The molecule has 1 amide bonds. The summed E-state index contributed by atoms with van der Waals surface area (Å²) in [4.78, 5) is 16.2. The number of carbonyl (C=O) groups is 1. The summed E-state index contributed by atoms with van der Waals surface area (Å²) in [5, 5.41) is 8.68. The second-order valence-corrected chi connectivity index (χ2v) is 5.82. The van der Waals surface area contributed by atoms with Crippen molar-refractivity contribution < 1.29 is 9.21 Å². The van der Waals surface area contributed by atoms with Crippen LogP contribution in [0.25, 0.3) is 11.5 Å². The third kappa shape index (κ3) is 3.26. The van der Waals surface area contributed by atoms with Crippen molar-refractivity contribution in [2.24, 2.45) is 5.92 Å². The standard InChI is InChI=1S/C14H17N3O2S/c18-13(4-3-10-5-6-15-8-10)17-14-16-11(9-20-14)12-2-1-7-19-12/h1-2,7,9-10,15H,3-6,8H2,(H,16,17,18). The molecule has 1 unspecified atom stereocenters. The van der Waals surface area contributed by atoms with Gasteiger partial charge in [0.1, 0.15) is 5.69 Å². The third-order valence-electron chi connectivity index (χ3n) is 3.47. The van der Waals surface area contributed by atoms with Gasteiger partial charge >= 0.3 is 0 Å². The van der Waals surface area contributed by atoms with E-state index in [1.165, 1.54) is 17.8 Å². The molecule has 106 valence electrons. The van der Waals surface area contributed by atoms with Gasteiger partial charge < -0.3 is 15.1 Å². The van der Waals surface area contributed by atoms with Crippen LogP contribution in [0.1, 0.15) is 19.3 Å². The molecule has 3 rings (SSSR count). The van der Waals surface area contributed by atoms with Gasteiger partial charge in [0, 0.05) is 11.8 Å². The van der Waals surface area contributed by atoms with E-state index in [1.54, 1.807) is 6.26 Å². The molecule has 0 radical (unpaired) electrons. The molecule has 1 saturated heterocycles.